The Morgan fingerprint density at radius 1 is 0.967 bits per heavy atom. The highest BCUT2D eigenvalue weighted by Gasteiger charge is 2.69. The maximum absolute atomic E-state index is 13.2. The zero-order chi connectivity index (χ0) is 20.8. The van der Waals surface area contributed by atoms with Crippen molar-refractivity contribution in [3.05, 3.63) is 83.6 Å². The lowest BCUT2D eigenvalue weighted by Crippen LogP contribution is -2.58. The molecule has 2 aromatic rings. The lowest BCUT2D eigenvalue weighted by Gasteiger charge is -2.40. The van der Waals surface area contributed by atoms with E-state index in [4.69, 9.17) is 14.3 Å². The van der Waals surface area contributed by atoms with Gasteiger partial charge in [-0.15, -0.1) is 0 Å². The molecule has 2 aromatic carbocycles. The van der Waals surface area contributed by atoms with E-state index in [1.54, 1.807) is 42.5 Å². The van der Waals surface area contributed by atoms with Crippen molar-refractivity contribution in [2.75, 3.05) is 13.2 Å². The zero-order valence-electron chi connectivity index (χ0n) is 16.5. The molecule has 2 amide bonds. The number of hydroxylamine groups is 2. The van der Waals surface area contributed by atoms with Crippen LogP contribution in [0.25, 0.3) is 0 Å². The van der Waals surface area contributed by atoms with Crippen LogP contribution in [0.15, 0.2) is 72.4 Å². The number of rotatable bonds is 3. The van der Waals surface area contributed by atoms with Crippen LogP contribution in [0.3, 0.4) is 0 Å². The van der Waals surface area contributed by atoms with Crippen molar-refractivity contribution < 1.29 is 23.9 Å². The van der Waals surface area contributed by atoms with Gasteiger partial charge in [0.1, 0.15) is 6.04 Å². The summed E-state index contributed by atoms with van der Waals surface area (Å²) in [6.07, 6.45) is 2.14. The highest BCUT2D eigenvalue weighted by Crippen LogP contribution is 2.52. The molecule has 2 saturated heterocycles. The Morgan fingerprint density at radius 2 is 1.57 bits per heavy atom. The Hall–Kier alpha value is -3.00. The Morgan fingerprint density at radius 3 is 2.20 bits per heavy atom. The van der Waals surface area contributed by atoms with Gasteiger partial charge in [-0.3, -0.25) is 14.4 Å². The first-order valence-electron chi connectivity index (χ1n) is 9.96. The summed E-state index contributed by atoms with van der Waals surface area (Å²) < 4.78 is 12.1. The van der Waals surface area contributed by atoms with Gasteiger partial charge < -0.3 is 14.8 Å². The Labute approximate surface area is 174 Å². The van der Waals surface area contributed by atoms with E-state index in [9.17, 15) is 9.59 Å². The topological polar surface area (TPSA) is 77.1 Å². The molecule has 5 rings (SSSR count). The monoisotopic (exact) mass is 406 g/mol. The summed E-state index contributed by atoms with van der Waals surface area (Å²) in [7, 11) is 0. The van der Waals surface area contributed by atoms with Crippen LogP contribution >= 0.6 is 0 Å². The standard InChI is InChI=1S/C23H22N2O5/c1-22-15-18(24-20(26)16-8-4-2-5-9-16)14-19(23(22)28-12-13-29-23)25(30-22)21(27)17-10-6-3-7-11-17/h2-11,15,19H,12-14H2,1H3,(H,24,26). The number of carbonyl (C=O) groups excluding carboxylic acids is 2. The minimum atomic E-state index is -1.10. The van der Waals surface area contributed by atoms with Gasteiger partial charge in [-0.1, -0.05) is 36.4 Å². The molecule has 7 heteroatoms. The largest absolute Gasteiger partial charge is 0.343 e. The maximum Gasteiger partial charge on any atom is 0.277 e. The van der Waals surface area contributed by atoms with E-state index in [2.05, 4.69) is 5.32 Å². The van der Waals surface area contributed by atoms with Crippen LogP contribution in [0, 0.1) is 0 Å². The van der Waals surface area contributed by atoms with Crippen molar-refractivity contribution in [1.82, 2.24) is 10.4 Å². The molecule has 0 aromatic heterocycles. The fourth-order valence-electron chi connectivity index (χ4n) is 4.45. The predicted molar refractivity (Wildman–Crippen MR) is 107 cm³/mol. The summed E-state index contributed by atoms with van der Waals surface area (Å²) in [5, 5.41) is 4.31. The van der Waals surface area contributed by atoms with Crippen molar-refractivity contribution >= 4 is 11.8 Å². The van der Waals surface area contributed by atoms with Crippen LogP contribution in [0.2, 0.25) is 0 Å². The first-order chi connectivity index (χ1) is 14.5. The van der Waals surface area contributed by atoms with Gasteiger partial charge in [-0.2, -0.15) is 0 Å². The second kappa shape index (κ2) is 7.05. The van der Waals surface area contributed by atoms with Crippen LogP contribution in [0.1, 0.15) is 34.1 Å². The number of amides is 2. The van der Waals surface area contributed by atoms with Crippen LogP contribution in [0.5, 0.6) is 0 Å². The SMILES string of the molecule is CC12C=C(NC(=O)c3ccccc3)CC(N(C(=O)c3ccccc3)O1)C21OCCO1. The molecule has 2 fully saturated rings. The van der Waals surface area contributed by atoms with Gasteiger partial charge in [0.2, 0.25) is 5.79 Å². The number of carbonyl (C=O) groups is 2. The van der Waals surface area contributed by atoms with E-state index in [0.717, 1.165) is 0 Å². The fraction of sp³-hybridized carbons (Fsp3) is 0.304. The van der Waals surface area contributed by atoms with Crippen molar-refractivity contribution in [1.29, 1.82) is 0 Å². The molecule has 2 heterocycles. The fourth-order valence-corrected chi connectivity index (χ4v) is 4.45. The Bertz CT molecular complexity index is 1000. The highest BCUT2D eigenvalue weighted by molar-refractivity contribution is 5.96. The van der Waals surface area contributed by atoms with Crippen molar-refractivity contribution in [2.24, 2.45) is 0 Å². The molecule has 7 nitrogen and oxygen atoms in total. The summed E-state index contributed by atoms with van der Waals surface area (Å²) >= 11 is 0. The second-order valence-corrected chi connectivity index (χ2v) is 7.77. The van der Waals surface area contributed by atoms with E-state index >= 15 is 0 Å². The number of benzene rings is 2. The third kappa shape index (κ3) is 2.86. The normalized spacial score (nSPS) is 26.5. The number of nitrogens with one attached hydrogen (secondary N) is 1. The molecule has 0 radical (unpaired) electrons. The lowest BCUT2D eigenvalue weighted by molar-refractivity contribution is -0.229. The minimum absolute atomic E-state index is 0.213. The molecule has 30 heavy (non-hydrogen) atoms. The quantitative estimate of drug-likeness (QED) is 0.848. The van der Waals surface area contributed by atoms with E-state index < -0.39 is 17.4 Å². The summed E-state index contributed by atoms with van der Waals surface area (Å²) in [6, 6.07) is 17.4. The number of nitrogens with zero attached hydrogens (tertiary/aromatic N) is 1. The molecule has 3 aliphatic rings. The summed E-state index contributed by atoms with van der Waals surface area (Å²) in [6.45, 7) is 2.65. The average molecular weight is 406 g/mol. The van der Waals surface area contributed by atoms with Crippen LogP contribution in [-0.2, 0) is 14.3 Å². The van der Waals surface area contributed by atoms with Gasteiger partial charge in [0.25, 0.3) is 11.8 Å². The average Bonchev–Trinajstić information content (AvgIpc) is 3.30. The zero-order valence-corrected chi connectivity index (χ0v) is 16.5. The van der Waals surface area contributed by atoms with Crippen LogP contribution in [0.4, 0.5) is 0 Å². The predicted octanol–water partition coefficient (Wildman–Crippen LogP) is 2.66. The summed E-state index contributed by atoms with van der Waals surface area (Å²) in [5.74, 6) is -1.58. The molecule has 2 bridgehead atoms. The Balaban J connectivity index is 1.46. The van der Waals surface area contributed by atoms with E-state index in [0.29, 0.717) is 36.5 Å². The molecule has 154 valence electrons. The van der Waals surface area contributed by atoms with Gasteiger partial charge in [-0.05, 0) is 37.3 Å². The molecule has 2 unspecified atom stereocenters. The molecule has 2 atom stereocenters. The number of ether oxygens (including phenoxy) is 2. The first kappa shape index (κ1) is 19.0. The number of hydrogen-bond donors (Lipinski definition) is 1. The molecule has 1 aliphatic carbocycles. The second-order valence-electron chi connectivity index (χ2n) is 7.77. The van der Waals surface area contributed by atoms with E-state index in [1.165, 1.54) is 5.06 Å². The lowest BCUT2D eigenvalue weighted by atomic mass is 9.81. The number of hydrogen-bond acceptors (Lipinski definition) is 5. The molecule has 2 aliphatic heterocycles. The summed E-state index contributed by atoms with van der Waals surface area (Å²) in [5.41, 5.74) is 0.680. The summed E-state index contributed by atoms with van der Waals surface area (Å²) in [4.78, 5) is 32.0. The third-order valence-electron chi connectivity index (χ3n) is 5.81. The molecular formula is C23H22N2O5. The molecule has 0 saturated carbocycles. The van der Waals surface area contributed by atoms with Crippen molar-refractivity contribution in [3.8, 4) is 0 Å². The smallest absolute Gasteiger partial charge is 0.277 e. The van der Waals surface area contributed by atoms with Gasteiger partial charge in [0.15, 0.2) is 5.60 Å². The molecule has 1 N–H and O–H groups in total. The first-order valence-corrected chi connectivity index (χ1v) is 9.96. The molecular weight excluding hydrogens is 384 g/mol. The molecule has 1 spiro atoms. The van der Waals surface area contributed by atoms with Gasteiger partial charge in [0, 0.05) is 23.2 Å². The highest BCUT2D eigenvalue weighted by atomic mass is 16.8. The van der Waals surface area contributed by atoms with Crippen LogP contribution < -0.4 is 5.32 Å². The van der Waals surface area contributed by atoms with Gasteiger partial charge in [-0.25, -0.2) is 5.06 Å². The van der Waals surface area contributed by atoms with Crippen molar-refractivity contribution in [3.63, 3.8) is 0 Å². The van der Waals surface area contributed by atoms with E-state index in [1.807, 2.05) is 31.2 Å². The minimum Gasteiger partial charge on any atom is -0.343 e. The van der Waals surface area contributed by atoms with E-state index in [-0.39, 0.29) is 11.8 Å². The third-order valence-corrected chi connectivity index (χ3v) is 5.81. The van der Waals surface area contributed by atoms with Crippen molar-refractivity contribution in [2.45, 2.75) is 30.8 Å². The Kier molecular flexibility index (Phi) is 4.47. The maximum atomic E-state index is 13.2. The van der Waals surface area contributed by atoms with Gasteiger partial charge in [0.05, 0.1) is 13.2 Å². The van der Waals surface area contributed by atoms with Gasteiger partial charge >= 0.3 is 0 Å². The van der Waals surface area contributed by atoms with Crippen LogP contribution in [-0.4, -0.2) is 47.5 Å².